The third-order valence-electron chi connectivity index (χ3n) is 2.54. The summed E-state index contributed by atoms with van der Waals surface area (Å²) >= 11 is 0. The number of likely N-dealkylation sites (tertiary alicyclic amines) is 1. The minimum atomic E-state index is -0.844. The number of nitrogens with one attached hydrogen (secondary N) is 2. The minimum Gasteiger partial charge on any atom is -0.480 e. The van der Waals surface area contributed by atoms with Crippen LogP contribution in [0.25, 0.3) is 0 Å². The van der Waals surface area contributed by atoms with Crippen molar-refractivity contribution < 1.29 is 14.7 Å². The standard InChI is InChI=1S/C9H17N3O3/c1-10-9(15)12-4-2-7(3-5-12)11-6-8(13)14/h7,11H,2-6H2,1H3,(H,10,15)(H,13,14). The zero-order valence-corrected chi connectivity index (χ0v) is 8.82. The smallest absolute Gasteiger partial charge is 0.317 e. The molecule has 1 saturated heterocycles. The molecule has 0 aliphatic carbocycles. The van der Waals surface area contributed by atoms with Crippen molar-refractivity contribution in [1.82, 2.24) is 15.5 Å². The van der Waals surface area contributed by atoms with Gasteiger partial charge in [0.25, 0.3) is 0 Å². The first-order valence-corrected chi connectivity index (χ1v) is 5.05. The molecule has 6 nitrogen and oxygen atoms in total. The quantitative estimate of drug-likeness (QED) is 0.591. The summed E-state index contributed by atoms with van der Waals surface area (Å²) in [4.78, 5) is 23.3. The molecule has 1 aliphatic heterocycles. The SMILES string of the molecule is CNC(=O)N1CCC(NCC(=O)O)CC1. The van der Waals surface area contributed by atoms with Gasteiger partial charge in [-0.15, -0.1) is 0 Å². The van der Waals surface area contributed by atoms with Crippen LogP contribution in [0.3, 0.4) is 0 Å². The van der Waals surface area contributed by atoms with E-state index in [0.29, 0.717) is 13.1 Å². The van der Waals surface area contributed by atoms with Crippen molar-refractivity contribution in [3.8, 4) is 0 Å². The van der Waals surface area contributed by atoms with E-state index in [1.54, 1.807) is 11.9 Å². The molecule has 1 heterocycles. The molecule has 15 heavy (non-hydrogen) atoms. The predicted molar refractivity (Wildman–Crippen MR) is 54.7 cm³/mol. The fourth-order valence-electron chi connectivity index (χ4n) is 1.68. The van der Waals surface area contributed by atoms with Gasteiger partial charge in [-0.3, -0.25) is 4.79 Å². The summed E-state index contributed by atoms with van der Waals surface area (Å²) in [5.41, 5.74) is 0. The van der Waals surface area contributed by atoms with E-state index in [-0.39, 0.29) is 18.6 Å². The Morgan fingerprint density at radius 1 is 1.40 bits per heavy atom. The van der Waals surface area contributed by atoms with Crippen LogP contribution >= 0.6 is 0 Å². The molecule has 0 spiro atoms. The van der Waals surface area contributed by atoms with Crippen LogP contribution in [-0.2, 0) is 4.79 Å². The molecule has 0 bridgehead atoms. The van der Waals surface area contributed by atoms with Crippen LogP contribution in [0.4, 0.5) is 4.79 Å². The molecule has 6 heteroatoms. The summed E-state index contributed by atoms with van der Waals surface area (Å²) in [5.74, 6) is -0.844. The number of carbonyl (C=O) groups is 2. The molecule has 0 aromatic rings. The van der Waals surface area contributed by atoms with Crippen LogP contribution in [-0.4, -0.2) is 54.7 Å². The van der Waals surface area contributed by atoms with E-state index in [9.17, 15) is 9.59 Å². The summed E-state index contributed by atoms with van der Waals surface area (Å²) in [5, 5.41) is 14.0. The number of carboxylic acid groups (broad SMARTS) is 1. The van der Waals surface area contributed by atoms with Gasteiger partial charge in [-0.2, -0.15) is 0 Å². The van der Waals surface area contributed by atoms with Crippen molar-refractivity contribution in [3.63, 3.8) is 0 Å². The first-order chi connectivity index (χ1) is 7.13. The van der Waals surface area contributed by atoms with Gasteiger partial charge < -0.3 is 20.6 Å². The third kappa shape index (κ3) is 3.75. The highest BCUT2D eigenvalue weighted by molar-refractivity contribution is 5.73. The van der Waals surface area contributed by atoms with E-state index >= 15 is 0 Å². The van der Waals surface area contributed by atoms with Crippen LogP contribution in [0, 0.1) is 0 Å². The predicted octanol–water partition coefficient (Wildman–Crippen LogP) is -0.536. The number of rotatable bonds is 3. The maximum atomic E-state index is 11.2. The normalized spacial score (nSPS) is 17.5. The highest BCUT2D eigenvalue weighted by atomic mass is 16.4. The van der Waals surface area contributed by atoms with Crippen molar-refractivity contribution in [2.45, 2.75) is 18.9 Å². The first-order valence-electron chi connectivity index (χ1n) is 5.05. The number of urea groups is 1. The maximum absolute atomic E-state index is 11.2. The van der Waals surface area contributed by atoms with Crippen molar-refractivity contribution in [2.75, 3.05) is 26.7 Å². The van der Waals surface area contributed by atoms with Crippen LogP contribution in [0.1, 0.15) is 12.8 Å². The zero-order valence-electron chi connectivity index (χ0n) is 8.82. The lowest BCUT2D eigenvalue weighted by Crippen LogP contribution is -2.48. The molecule has 3 N–H and O–H groups in total. The summed E-state index contributed by atoms with van der Waals surface area (Å²) < 4.78 is 0. The second-order valence-electron chi connectivity index (χ2n) is 3.59. The molecule has 0 unspecified atom stereocenters. The average Bonchev–Trinajstić information content (AvgIpc) is 2.26. The summed E-state index contributed by atoms with van der Waals surface area (Å²) in [6, 6.07) is 0.147. The van der Waals surface area contributed by atoms with Crippen molar-refractivity contribution in [1.29, 1.82) is 0 Å². The van der Waals surface area contributed by atoms with Crippen molar-refractivity contribution in [2.24, 2.45) is 0 Å². The number of nitrogens with zero attached hydrogens (tertiary/aromatic N) is 1. The van der Waals surface area contributed by atoms with E-state index in [4.69, 9.17) is 5.11 Å². The maximum Gasteiger partial charge on any atom is 0.317 e. The fourth-order valence-corrected chi connectivity index (χ4v) is 1.68. The topological polar surface area (TPSA) is 81.7 Å². The zero-order chi connectivity index (χ0) is 11.3. The van der Waals surface area contributed by atoms with Gasteiger partial charge >= 0.3 is 12.0 Å². The fraction of sp³-hybridized carbons (Fsp3) is 0.778. The molecule has 0 aromatic carbocycles. The number of carboxylic acids is 1. The molecule has 0 radical (unpaired) electrons. The third-order valence-corrected chi connectivity index (χ3v) is 2.54. The Morgan fingerprint density at radius 3 is 2.47 bits per heavy atom. The van der Waals surface area contributed by atoms with Crippen LogP contribution in [0.2, 0.25) is 0 Å². The lowest BCUT2D eigenvalue weighted by atomic mass is 10.1. The Balaban J connectivity index is 2.23. The highest BCUT2D eigenvalue weighted by Crippen LogP contribution is 2.09. The highest BCUT2D eigenvalue weighted by Gasteiger charge is 2.21. The van der Waals surface area contributed by atoms with E-state index < -0.39 is 5.97 Å². The van der Waals surface area contributed by atoms with Gasteiger partial charge in [0.2, 0.25) is 0 Å². The molecule has 0 saturated carbocycles. The molecular weight excluding hydrogens is 198 g/mol. The largest absolute Gasteiger partial charge is 0.480 e. The Labute approximate surface area is 88.6 Å². The van der Waals surface area contributed by atoms with Gasteiger partial charge in [-0.25, -0.2) is 4.79 Å². The summed E-state index contributed by atoms with van der Waals surface area (Å²) in [6.45, 7) is 1.35. The summed E-state index contributed by atoms with van der Waals surface area (Å²) in [6.07, 6.45) is 1.61. The van der Waals surface area contributed by atoms with Gasteiger partial charge in [-0.1, -0.05) is 0 Å². The Hall–Kier alpha value is -1.30. The van der Waals surface area contributed by atoms with Crippen molar-refractivity contribution in [3.05, 3.63) is 0 Å². The lowest BCUT2D eigenvalue weighted by molar-refractivity contribution is -0.136. The molecule has 1 fully saturated rings. The number of aliphatic carboxylic acids is 1. The molecule has 0 aromatic heterocycles. The Bertz CT molecular complexity index is 237. The number of carbonyl (C=O) groups excluding carboxylic acids is 1. The molecular formula is C9H17N3O3. The minimum absolute atomic E-state index is 0.00928. The van der Waals surface area contributed by atoms with E-state index in [1.807, 2.05) is 0 Å². The van der Waals surface area contributed by atoms with Crippen LogP contribution < -0.4 is 10.6 Å². The molecule has 86 valence electrons. The number of amides is 2. The lowest BCUT2D eigenvalue weighted by Gasteiger charge is -2.31. The van der Waals surface area contributed by atoms with Gasteiger partial charge in [0.15, 0.2) is 0 Å². The number of piperidine rings is 1. The summed E-state index contributed by atoms with van der Waals surface area (Å²) in [7, 11) is 1.61. The first kappa shape index (κ1) is 11.8. The molecule has 1 aliphatic rings. The van der Waals surface area contributed by atoms with E-state index in [2.05, 4.69) is 10.6 Å². The van der Waals surface area contributed by atoms with E-state index in [1.165, 1.54) is 0 Å². The monoisotopic (exact) mass is 215 g/mol. The number of hydrogen-bond acceptors (Lipinski definition) is 3. The Morgan fingerprint density at radius 2 is 2.00 bits per heavy atom. The van der Waals surface area contributed by atoms with Gasteiger partial charge in [0, 0.05) is 26.2 Å². The average molecular weight is 215 g/mol. The van der Waals surface area contributed by atoms with Crippen molar-refractivity contribution >= 4 is 12.0 Å². The van der Waals surface area contributed by atoms with Gasteiger partial charge in [-0.05, 0) is 12.8 Å². The second-order valence-corrected chi connectivity index (χ2v) is 3.59. The Kier molecular flexibility index (Phi) is 4.36. The molecule has 0 atom stereocenters. The number of hydrogen-bond donors (Lipinski definition) is 3. The van der Waals surface area contributed by atoms with Crippen LogP contribution in [0.5, 0.6) is 0 Å². The van der Waals surface area contributed by atoms with Crippen LogP contribution in [0.15, 0.2) is 0 Å². The van der Waals surface area contributed by atoms with E-state index in [0.717, 1.165) is 12.8 Å². The van der Waals surface area contributed by atoms with Gasteiger partial charge in [0.1, 0.15) is 0 Å². The second kappa shape index (κ2) is 5.55. The molecule has 2 amide bonds. The van der Waals surface area contributed by atoms with Gasteiger partial charge in [0.05, 0.1) is 6.54 Å². The molecule has 1 rings (SSSR count).